The molecule has 1 spiro atoms. The zero-order valence-corrected chi connectivity index (χ0v) is 33.2. The standard InChI is InChI=1S/C41H56N8O4/c1-35(2)17-41(18-36(3,4)20-14-25-26(16-22(20)41)53-40(11,12)39(9,10)52-25)21-15-24-23(13-19(21)35)50-31-27(33(44-42)45-43)29-30(38(7,8)37(29,5)6)28(32(31)51-24)34-46-48-49-47-34/h13-16,33-34,44-49H,17-18,42-43H2,1-12H3. The summed E-state index contributed by atoms with van der Waals surface area (Å²) < 4.78 is 27.7. The Bertz CT molecular complexity index is 2110. The highest BCUT2D eigenvalue weighted by Crippen LogP contribution is 2.69. The number of benzene rings is 3. The topological polar surface area (TPSA) is 161 Å². The molecular weight excluding hydrogens is 669 g/mol. The molecule has 1 saturated heterocycles. The van der Waals surface area contributed by atoms with Gasteiger partial charge in [0.25, 0.3) is 0 Å². The highest BCUT2D eigenvalue weighted by molar-refractivity contribution is 5.75. The Morgan fingerprint density at radius 3 is 1.55 bits per heavy atom. The van der Waals surface area contributed by atoms with Crippen molar-refractivity contribution < 1.29 is 18.9 Å². The molecule has 12 nitrogen and oxygen atoms in total. The average Bonchev–Trinajstić information content (AvgIpc) is 3.72. The van der Waals surface area contributed by atoms with Crippen molar-refractivity contribution in [3.05, 3.63) is 68.8 Å². The molecular formula is C41H56N8O4. The Kier molecular flexibility index (Phi) is 6.94. The van der Waals surface area contributed by atoms with Gasteiger partial charge >= 0.3 is 0 Å². The van der Waals surface area contributed by atoms with Crippen molar-refractivity contribution in [2.45, 2.75) is 147 Å². The van der Waals surface area contributed by atoms with E-state index in [4.69, 9.17) is 30.6 Å². The first-order chi connectivity index (χ1) is 24.6. The van der Waals surface area contributed by atoms with Crippen LogP contribution in [0.5, 0.6) is 34.5 Å². The van der Waals surface area contributed by atoms with Crippen LogP contribution in [0, 0.1) is 0 Å². The SMILES string of the molecule is CC1(C)CC2(CC(C)(C)c3cc4c(cc32)OC(C)(C)C(C)(C)O4)c2cc3c(cc21)Oc1c(c(C2NNNN2)c2c(c1C(NN)NN)C(C)(C)C2(C)C)O3. The van der Waals surface area contributed by atoms with E-state index in [1.807, 2.05) is 0 Å². The minimum absolute atomic E-state index is 0.107. The zero-order chi connectivity index (χ0) is 38.1. The summed E-state index contributed by atoms with van der Waals surface area (Å²) in [7, 11) is 0. The molecule has 3 aliphatic carbocycles. The molecule has 284 valence electrons. The third kappa shape index (κ3) is 4.35. The molecule has 0 radical (unpaired) electrons. The number of nitrogens with one attached hydrogen (secondary N) is 6. The summed E-state index contributed by atoms with van der Waals surface area (Å²) >= 11 is 0. The molecule has 1 fully saturated rings. The summed E-state index contributed by atoms with van der Waals surface area (Å²) in [5.41, 5.74) is 25.7. The molecule has 0 saturated carbocycles. The van der Waals surface area contributed by atoms with Crippen molar-refractivity contribution >= 4 is 0 Å². The highest BCUT2D eigenvalue weighted by atomic mass is 16.6. The van der Waals surface area contributed by atoms with Crippen LogP contribution >= 0.6 is 0 Å². The van der Waals surface area contributed by atoms with Gasteiger partial charge in [-0.1, -0.05) is 55.4 Å². The summed E-state index contributed by atoms with van der Waals surface area (Å²) in [5.74, 6) is 16.5. The highest BCUT2D eigenvalue weighted by Gasteiger charge is 2.60. The fourth-order valence-electron chi connectivity index (χ4n) is 10.6. The van der Waals surface area contributed by atoms with Crippen molar-refractivity contribution in [1.82, 2.24) is 32.8 Å². The van der Waals surface area contributed by atoms with Gasteiger partial charge in [-0.2, -0.15) is 11.1 Å². The summed E-state index contributed by atoms with van der Waals surface area (Å²) in [6, 6.07) is 8.99. The average molecular weight is 725 g/mol. The predicted molar refractivity (Wildman–Crippen MR) is 204 cm³/mol. The van der Waals surface area contributed by atoms with Crippen molar-refractivity contribution in [2.75, 3.05) is 0 Å². The summed E-state index contributed by atoms with van der Waals surface area (Å²) in [4.78, 5) is 0. The van der Waals surface area contributed by atoms with Crippen molar-refractivity contribution in [1.29, 1.82) is 0 Å². The minimum Gasteiger partial charge on any atom is -0.480 e. The lowest BCUT2D eigenvalue weighted by Crippen LogP contribution is -2.56. The molecule has 0 aromatic heterocycles. The van der Waals surface area contributed by atoms with Crippen LogP contribution in [0.4, 0.5) is 0 Å². The fraction of sp³-hybridized carbons (Fsp3) is 0.561. The smallest absolute Gasteiger partial charge is 0.177 e. The molecule has 3 heterocycles. The summed E-state index contributed by atoms with van der Waals surface area (Å²) in [6.45, 7) is 26.9. The van der Waals surface area contributed by atoms with Gasteiger partial charge in [0, 0.05) is 16.5 Å². The van der Waals surface area contributed by atoms with Crippen LogP contribution < -0.4 is 63.4 Å². The second kappa shape index (κ2) is 10.4. The Hall–Kier alpha value is -3.46. The van der Waals surface area contributed by atoms with Gasteiger partial charge in [-0.25, -0.2) is 21.7 Å². The van der Waals surface area contributed by atoms with E-state index in [0.29, 0.717) is 23.0 Å². The number of fused-ring (bicyclic) bond motifs is 8. The molecule has 6 aliphatic rings. The lowest BCUT2D eigenvalue weighted by atomic mass is 9.47. The first-order valence-corrected chi connectivity index (χ1v) is 18.9. The second-order valence-electron chi connectivity index (χ2n) is 19.5. The van der Waals surface area contributed by atoms with Gasteiger partial charge in [-0.3, -0.25) is 11.7 Å². The van der Waals surface area contributed by atoms with E-state index in [-0.39, 0.29) is 33.2 Å². The maximum atomic E-state index is 7.17. The van der Waals surface area contributed by atoms with Gasteiger partial charge in [0.05, 0.1) is 0 Å². The van der Waals surface area contributed by atoms with Crippen LogP contribution in [0.3, 0.4) is 0 Å². The van der Waals surface area contributed by atoms with Gasteiger partial charge in [0.2, 0.25) is 0 Å². The zero-order valence-electron chi connectivity index (χ0n) is 33.2. The molecule has 0 bridgehead atoms. The van der Waals surface area contributed by atoms with Gasteiger partial charge in [0.1, 0.15) is 23.5 Å². The van der Waals surface area contributed by atoms with Crippen molar-refractivity contribution in [3.8, 4) is 34.5 Å². The third-order valence-electron chi connectivity index (χ3n) is 14.5. The first kappa shape index (κ1) is 35.3. The van der Waals surface area contributed by atoms with E-state index >= 15 is 0 Å². The van der Waals surface area contributed by atoms with Gasteiger partial charge < -0.3 is 18.9 Å². The number of hydrogen-bond acceptors (Lipinski definition) is 12. The molecule has 1 unspecified atom stereocenters. The fourth-order valence-corrected chi connectivity index (χ4v) is 10.6. The molecule has 3 aromatic rings. The molecule has 3 aliphatic heterocycles. The second-order valence-corrected chi connectivity index (χ2v) is 19.5. The van der Waals surface area contributed by atoms with E-state index in [0.717, 1.165) is 46.6 Å². The largest absolute Gasteiger partial charge is 0.480 e. The normalized spacial score (nSPS) is 26.5. The Labute approximate surface area is 312 Å². The van der Waals surface area contributed by atoms with E-state index in [1.165, 1.54) is 22.3 Å². The lowest BCUT2D eigenvalue weighted by molar-refractivity contribution is -0.0992. The molecule has 9 rings (SSSR count). The molecule has 10 N–H and O–H groups in total. The Balaban J connectivity index is 1.25. The number of rotatable bonds is 4. The predicted octanol–water partition coefficient (Wildman–Crippen LogP) is 6.17. The van der Waals surface area contributed by atoms with Gasteiger partial charge in [-0.15, -0.1) is 0 Å². The monoisotopic (exact) mass is 724 g/mol. The Morgan fingerprint density at radius 2 is 1.04 bits per heavy atom. The van der Waals surface area contributed by atoms with Gasteiger partial charge in [-0.05, 0) is 120 Å². The summed E-state index contributed by atoms with van der Waals surface area (Å²) in [5, 5.41) is 0. The minimum atomic E-state index is -0.591. The van der Waals surface area contributed by atoms with Crippen LogP contribution in [-0.4, -0.2) is 11.2 Å². The molecule has 1 atom stereocenters. The van der Waals surface area contributed by atoms with Crippen LogP contribution in [0.25, 0.3) is 0 Å². The number of nitrogens with two attached hydrogens (primary N) is 2. The van der Waals surface area contributed by atoms with Gasteiger partial charge in [0.15, 0.2) is 34.5 Å². The number of hydrogen-bond donors (Lipinski definition) is 8. The first-order valence-electron chi connectivity index (χ1n) is 18.9. The lowest BCUT2D eigenvalue weighted by Gasteiger charge is -2.57. The van der Waals surface area contributed by atoms with E-state index < -0.39 is 17.4 Å². The molecule has 53 heavy (non-hydrogen) atoms. The van der Waals surface area contributed by atoms with Crippen LogP contribution in [-0.2, 0) is 27.1 Å². The van der Waals surface area contributed by atoms with Crippen molar-refractivity contribution in [3.63, 3.8) is 0 Å². The third-order valence-corrected chi connectivity index (χ3v) is 14.5. The van der Waals surface area contributed by atoms with Crippen LogP contribution in [0.15, 0.2) is 24.3 Å². The Morgan fingerprint density at radius 1 is 0.604 bits per heavy atom. The molecule has 3 aromatic carbocycles. The van der Waals surface area contributed by atoms with E-state index in [2.05, 4.69) is 140 Å². The number of ether oxygens (including phenoxy) is 4. The molecule has 12 heteroatoms. The van der Waals surface area contributed by atoms with E-state index in [1.54, 1.807) is 0 Å². The summed E-state index contributed by atoms with van der Waals surface area (Å²) in [6.07, 6.45) is 0.981. The number of hydrazine groups is 5. The maximum Gasteiger partial charge on any atom is 0.177 e. The van der Waals surface area contributed by atoms with E-state index in [9.17, 15) is 0 Å². The quantitative estimate of drug-likeness (QED) is 0.0688. The van der Waals surface area contributed by atoms with Crippen LogP contribution in [0.1, 0.15) is 153 Å². The van der Waals surface area contributed by atoms with Crippen LogP contribution in [0.2, 0.25) is 0 Å². The maximum absolute atomic E-state index is 7.17. The van der Waals surface area contributed by atoms with Crippen molar-refractivity contribution in [2.24, 2.45) is 11.7 Å². The molecule has 0 amide bonds.